The number of benzene rings is 2. The fourth-order valence-electron chi connectivity index (χ4n) is 3.18. The zero-order valence-corrected chi connectivity index (χ0v) is 22.5. The number of hydrogen-bond donors (Lipinski definition) is 6. The van der Waals surface area contributed by atoms with Crippen molar-refractivity contribution in [3.63, 3.8) is 0 Å². The monoisotopic (exact) mass is 645 g/mol. The van der Waals surface area contributed by atoms with Crippen molar-refractivity contribution in [2.24, 2.45) is 0 Å². The number of alkyl halides is 2. The summed E-state index contributed by atoms with van der Waals surface area (Å²) in [7, 11) is 0. The summed E-state index contributed by atoms with van der Waals surface area (Å²) in [6.07, 6.45) is -0.0304. The zero-order valence-electron chi connectivity index (χ0n) is 19.3. The number of carboxylic acids is 1. The fourth-order valence-corrected chi connectivity index (χ4v) is 4.17. The average Bonchev–Trinajstić information content (AvgIpc) is 2.89. The van der Waals surface area contributed by atoms with Gasteiger partial charge in [0.25, 0.3) is 0 Å². The Labute approximate surface area is 228 Å². The highest BCUT2D eigenvalue weighted by Crippen LogP contribution is 2.31. The Kier molecular flexibility index (Phi) is 12.1. The summed E-state index contributed by atoms with van der Waals surface area (Å²) in [5.41, 5.74) is 1.23. The minimum atomic E-state index is -1.59. The topological polar surface area (TPSA) is 165 Å². The van der Waals surface area contributed by atoms with E-state index in [9.17, 15) is 33.8 Å². The van der Waals surface area contributed by atoms with Crippen LogP contribution in [0.25, 0.3) is 0 Å². The van der Waals surface area contributed by atoms with E-state index >= 15 is 0 Å². The molecular formula is C24H26Br2FN3O7. The van der Waals surface area contributed by atoms with Gasteiger partial charge in [-0.15, -0.1) is 0 Å². The van der Waals surface area contributed by atoms with Crippen molar-refractivity contribution in [2.75, 3.05) is 13.2 Å². The standard InChI is InChI=1S/C24H26Br2FN3O7/c25-19(14-6-8-15(27)9-7-14)20(26)23(35)29-17(11-31)22(34)28-16(10-13-4-2-1-3-5-13)21(33)30-18(12-32)24(36)37/h1-9,16-20,31-32H,10-12H2,(H,28,34)(H,29,35)(H,30,33)(H,36,37)/t16-,17-,18-,19?,20?/m0/s1. The molecule has 0 radical (unpaired) electrons. The number of carbonyl (C=O) groups is 4. The number of carbonyl (C=O) groups excluding carboxylic acids is 3. The van der Waals surface area contributed by atoms with Crippen LogP contribution in [0.5, 0.6) is 0 Å². The van der Waals surface area contributed by atoms with Gasteiger partial charge in [-0.1, -0.05) is 74.3 Å². The predicted molar refractivity (Wildman–Crippen MR) is 139 cm³/mol. The molecule has 3 amide bonds. The Morgan fingerprint density at radius 2 is 1.27 bits per heavy atom. The second-order valence-electron chi connectivity index (χ2n) is 7.93. The van der Waals surface area contributed by atoms with E-state index in [-0.39, 0.29) is 6.42 Å². The van der Waals surface area contributed by atoms with Crippen molar-refractivity contribution in [3.05, 3.63) is 71.5 Å². The van der Waals surface area contributed by atoms with Crippen LogP contribution in [0.1, 0.15) is 16.0 Å². The lowest BCUT2D eigenvalue weighted by Gasteiger charge is -2.25. The summed E-state index contributed by atoms with van der Waals surface area (Å²) in [4.78, 5) is 48.1. The summed E-state index contributed by atoms with van der Waals surface area (Å²) in [5, 5.41) is 35.1. The Balaban J connectivity index is 2.13. The van der Waals surface area contributed by atoms with E-state index in [2.05, 4.69) is 47.8 Å². The van der Waals surface area contributed by atoms with Crippen LogP contribution in [-0.4, -0.2) is 75.2 Å². The van der Waals surface area contributed by atoms with Gasteiger partial charge in [0, 0.05) is 6.42 Å². The molecule has 37 heavy (non-hydrogen) atoms. The molecule has 0 fully saturated rings. The molecule has 2 rings (SSSR count). The van der Waals surface area contributed by atoms with Crippen LogP contribution in [0, 0.1) is 5.82 Å². The molecule has 0 saturated carbocycles. The predicted octanol–water partition coefficient (Wildman–Crippen LogP) is 0.792. The van der Waals surface area contributed by atoms with Gasteiger partial charge in [-0.3, -0.25) is 14.4 Å². The molecule has 6 N–H and O–H groups in total. The highest BCUT2D eigenvalue weighted by atomic mass is 79.9. The number of amides is 3. The minimum absolute atomic E-state index is 0.0304. The molecule has 2 unspecified atom stereocenters. The van der Waals surface area contributed by atoms with Crippen LogP contribution in [0.2, 0.25) is 0 Å². The zero-order chi connectivity index (χ0) is 27.5. The highest BCUT2D eigenvalue weighted by molar-refractivity contribution is 9.12. The molecule has 0 aliphatic rings. The van der Waals surface area contributed by atoms with Gasteiger partial charge in [0.1, 0.15) is 28.8 Å². The van der Waals surface area contributed by atoms with Crippen molar-refractivity contribution in [1.82, 2.24) is 16.0 Å². The largest absolute Gasteiger partial charge is 0.480 e. The van der Waals surface area contributed by atoms with E-state index in [4.69, 9.17) is 5.11 Å². The Morgan fingerprint density at radius 3 is 1.81 bits per heavy atom. The van der Waals surface area contributed by atoms with Crippen molar-refractivity contribution >= 4 is 55.6 Å². The van der Waals surface area contributed by atoms with Gasteiger partial charge in [0.15, 0.2) is 0 Å². The first-order valence-corrected chi connectivity index (χ1v) is 12.8. The van der Waals surface area contributed by atoms with E-state index in [1.165, 1.54) is 24.3 Å². The van der Waals surface area contributed by atoms with Gasteiger partial charge < -0.3 is 31.3 Å². The molecule has 0 bridgehead atoms. The van der Waals surface area contributed by atoms with Crippen LogP contribution >= 0.6 is 31.9 Å². The first-order chi connectivity index (χ1) is 17.6. The fraction of sp³-hybridized carbons (Fsp3) is 0.333. The number of aliphatic hydroxyl groups is 2. The third kappa shape index (κ3) is 9.18. The van der Waals surface area contributed by atoms with Gasteiger partial charge in [-0.25, -0.2) is 9.18 Å². The summed E-state index contributed by atoms with van der Waals surface area (Å²) < 4.78 is 13.2. The summed E-state index contributed by atoms with van der Waals surface area (Å²) in [5.74, 6) is -4.35. The second-order valence-corrected chi connectivity index (χ2v) is 9.90. The first kappa shape index (κ1) is 30.4. The van der Waals surface area contributed by atoms with E-state index in [1.807, 2.05) is 0 Å². The maximum absolute atomic E-state index is 13.2. The van der Waals surface area contributed by atoms with Gasteiger partial charge in [0.2, 0.25) is 17.7 Å². The molecule has 5 atom stereocenters. The quantitative estimate of drug-likeness (QED) is 0.175. The van der Waals surface area contributed by atoms with Crippen LogP contribution in [0.15, 0.2) is 54.6 Å². The first-order valence-electron chi connectivity index (χ1n) is 11.0. The molecule has 2 aromatic carbocycles. The maximum Gasteiger partial charge on any atom is 0.328 e. The number of aliphatic hydroxyl groups excluding tert-OH is 2. The molecule has 2 aromatic rings. The smallest absolute Gasteiger partial charge is 0.328 e. The molecular weight excluding hydrogens is 621 g/mol. The van der Waals surface area contributed by atoms with Crippen LogP contribution in [-0.2, 0) is 25.6 Å². The van der Waals surface area contributed by atoms with E-state index in [0.29, 0.717) is 11.1 Å². The molecule has 0 heterocycles. The second kappa shape index (κ2) is 14.8. The Bertz CT molecular complexity index is 1080. The number of carboxylic acid groups (broad SMARTS) is 1. The number of nitrogens with one attached hydrogen (secondary N) is 3. The highest BCUT2D eigenvalue weighted by Gasteiger charge is 2.32. The Morgan fingerprint density at radius 1 is 0.757 bits per heavy atom. The molecule has 200 valence electrons. The van der Waals surface area contributed by atoms with Gasteiger partial charge >= 0.3 is 5.97 Å². The Hall–Kier alpha value is -2.87. The minimum Gasteiger partial charge on any atom is -0.480 e. The molecule has 10 nitrogen and oxygen atoms in total. The lowest BCUT2D eigenvalue weighted by Crippen LogP contribution is -2.58. The van der Waals surface area contributed by atoms with Gasteiger partial charge in [-0.05, 0) is 23.3 Å². The molecule has 0 aromatic heterocycles. The lowest BCUT2D eigenvalue weighted by molar-refractivity contribution is -0.143. The number of hydrogen-bond acceptors (Lipinski definition) is 6. The van der Waals surface area contributed by atoms with Crippen LogP contribution < -0.4 is 16.0 Å². The van der Waals surface area contributed by atoms with Crippen molar-refractivity contribution in [1.29, 1.82) is 0 Å². The SMILES string of the molecule is O=C(N[C@@H](CO)C(=O)N[C@@H](Cc1ccccc1)C(=O)N[C@@H](CO)C(=O)O)C(Br)C(Br)c1ccc(F)cc1. The number of rotatable bonds is 13. The van der Waals surface area contributed by atoms with Gasteiger partial charge in [-0.2, -0.15) is 0 Å². The van der Waals surface area contributed by atoms with Crippen LogP contribution in [0.4, 0.5) is 4.39 Å². The lowest BCUT2D eigenvalue weighted by atomic mass is 10.0. The van der Waals surface area contributed by atoms with Gasteiger partial charge in [0.05, 0.1) is 18.0 Å². The maximum atomic E-state index is 13.2. The normalized spacial score (nSPS) is 14.9. The molecule has 0 saturated heterocycles. The van der Waals surface area contributed by atoms with E-state index in [1.54, 1.807) is 30.3 Å². The van der Waals surface area contributed by atoms with Crippen LogP contribution in [0.3, 0.4) is 0 Å². The third-order valence-corrected chi connectivity index (χ3v) is 7.94. The number of aliphatic carboxylic acids is 1. The van der Waals surface area contributed by atoms with E-state index < -0.39 is 70.5 Å². The van der Waals surface area contributed by atoms with Crippen molar-refractivity contribution in [2.45, 2.75) is 34.2 Å². The molecule has 13 heteroatoms. The molecule has 0 spiro atoms. The van der Waals surface area contributed by atoms with E-state index in [0.717, 1.165) is 0 Å². The molecule has 0 aliphatic carbocycles. The van der Waals surface area contributed by atoms with Crippen molar-refractivity contribution in [3.8, 4) is 0 Å². The summed E-state index contributed by atoms with van der Waals surface area (Å²) in [6, 6.07) is 9.68. The summed E-state index contributed by atoms with van der Waals surface area (Å²) in [6.45, 7) is -1.66. The summed E-state index contributed by atoms with van der Waals surface area (Å²) >= 11 is 6.58. The van der Waals surface area contributed by atoms with Crippen molar-refractivity contribution < 1.29 is 38.9 Å². The average molecular weight is 647 g/mol. The molecule has 0 aliphatic heterocycles. The number of halogens is 3. The third-order valence-electron chi connectivity index (χ3n) is 5.22.